The van der Waals surface area contributed by atoms with Crippen LogP contribution in [0.2, 0.25) is 0 Å². The Morgan fingerprint density at radius 1 is 1.00 bits per heavy atom. The van der Waals surface area contributed by atoms with E-state index in [2.05, 4.69) is 15.9 Å². The molecule has 4 atom stereocenters. The Bertz CT molecular complexity index is 597. The van der Waals surface area contributed by atoms with Gasteiger partial charge in [0.1, 0.15) is 0 Å². The lowest BCUT2D eigenvalue weighted by molar-refractivity contribution is -0.124. The van der Waals surface area contributed by atoms with Crippen LogP contribution in [0.25, 0.3) is 0 Å². The highest BCUT2D eigenvalue weighted by molar-refractivity contribution is 9.10. The molecule has 4 rings (SSSR count). The fraction of sp³-hybridized carbons (Fsp3) is 0.286. The molecule has 0 N–H and O–H groups in total. The Labute approximate surface area is 118 Å². The highest BCUT2D eigenvalue weighted by Gasteiger charge is 2.61. The first-order valence-electron chi connectivity index (χ1n) is 6.14. The molecule has 2 amide bonds. The molecule has 3 heterocycles. The quantitative estimate of drug-likeness (QED) is 0.586. The summed E-state index contributed by atoms with van der Waals surface area (Å²) in [6, 6.07) is 7.27. The van der Waals surface area contributed by atoms with E-state index >= 15 is 0 Å². The summed E-state index contributed by atoms with van der Waals surface area (Å²) in [5.41, 5.74) is 0.617. The maximum absolute atomic E-state index is 12.5. The van der Waals surface area contributed by atoms with Gasteiger partial charge in [0.15, 0.2) is 0 Å². The molecular weight excluding hydrogens is 310 g/mol. The predicted octanol–water partition coefficient (Wildman–Crippen LogP) is 1.89. The molecule has 3 aliphatic rings. The van der Waals surface area contributed by atoms with Crippen LogP contribution in [0.15, 0.2) is 40.9 Å². The molecular formula is C14H10BrNO3. The van der Waals surface area contributed by atoms with Crippen LogP contribution in [0, 0.1) is 11.8 Å². The molecule has 96 valence electrons. The molecule has 19 heavy (non-hydrogen) atoms. The van der Waals surface area contributed by atoms with Gasteiger partial charge in [0, 0.05) is 4.47 Å². The second-order valence-corrected chi connectivity index (χ2v) is 5.82. The molecule has 2 bridgehead atoms. The normalized spacial score (nSPS) is 35.3. The lowest BCUT2D eigenvalue weighted by Gasteiger charge is -2.18. The summed E-state index contributed by atoms with van der Waals surface area (Å²) in [4.78, 5) is 26.3. The van der Waals surface area contributed by atoms with E-state index in [-0.39, 0.29) is 35.9 Å². The Kier molecular flexibility index (Phi) is 2.26. The van der Waals surface area contributed by atoms with Crippen LogP contribution in [0.5, 0.6) is 0 Å². The number of ether oxygens (including phenoxy) is 1. The number of nitrogens with zero attached hydrogens (tertiary/aromatic N) is 1. The van der Waals surface area contributed by atoms with Crippen molar-refractivity contribution in [3.8, 4) is 0 Å². The van der Waals surface area contributed by atoms with Crippen molar-refractivity contribution in [2.24, 2.45) is 11.8 Å². The third-order valence-electron chi connectivity index (χ3n) is 4.00. The summed E-state index contributed by atoms with van der Waals surface area (Å²) in [6.45, 7) is 0. The molecule has 3 aliphatic heterocycles. The van der Waals surface area contributed by atoms with Gasteiger partial charge in [-0.15, -0.1) is 0 Å². The second-order valence-electron chi connectivity index (χ2n) is 4.97. The summed E-state index contributed by atoms with van der Waals surface area (Å²) in [5.74, 6) is -1.01. The first-order chi connectivity index (χ1) is 9.18. The zero-order valence-electron chi connectivity index (χ0n) is 9.82. The number of benzene rings is 1. The smallest absolute Gasteiger partial charge is 0.240 e. The van der Waals surface area contributed by atoms with Crippen LogP contribution >= 0.6 is 15.9 Å². The van der Waals surface area contributed by atoms with E-state index < -0.39 is 0 Å². The molecule has 0 radical (unpaired) electrons. The number of para-hydroxylation sites is 1. The summed E-state index contributed by atoms with van der Waals surface area (Å²) >= 11 is 3.39. The molecule has 0 aromatic heterocycles. The van der Waals surface area contributed by atoms with Crippen LogP contribution in [0.3, 0.4) is 0 Å². The number of fused-ring (bicyclic) bond motifs is 5. The number of imide groups is 1. The molecule has 1 aromatic rings. The Balaban J connectivity index is 1.79. The summed E-state index contributed by atoms with van der Waals surface area (Å²) in [6.07, 6.45) is 3.30. The molecule has 1 aromatic carbocycles. The zero-order chi connectivity index (χ0) is 13.1. The Hall–Kier alpha value is -1.46. The number of carbonyl (C=O) groups excluding carboxylic acids is 2. The Morgan fingerprint density at radius 2 is 1.58 bits per heavy atom. The fourth-order valence-corrected chi connectivity index (χ4v) is 3.64. The lowest BCUT2D eigenvalue weighted by Crippen LogP contribution is -2.34. The van der Waals surface area contributed by atoms with Gasteiger partial charge in [-0.3, -0.25) is 9.59 Å². The van der Waals surface area contributed by atoms with Gasteiger partial charge >= 0.3 is 0 Å². The molecule has 0 unspecified atom stereocenters. The van der Waals surface area contributed by atoms with Gasteiger partial charge in [0.2, 0.25) is 11.8 Å². The highest BCUT2D eigenvalue weighted by Crippen LogP contribution is 2.47. The van der Waals surface area contributed by atoms with Gasteiger partial charge in [-0.25, -0.2) is 4.90 Å². The number of halogens is 1. The molecule has 0 saturated carbocycles. The number of anilines is 1. The van der Waals surface area contributed by atoms with Gasteiger partial charge in [-0.05, 0) is 28.1 Å². The van der Waals surface area contributed by atoms with E-state index in [1.54, 1.807) is 6.07 Å². The monoisotopic (exact) mass is 319 g/mol. The number of rotatable bonds is 1. The largest absolute Gasteiger partial charge is 0.365 e. The van der Waals surface area contributed by atoms with Crippen molar-refractivity contribution in [2.75, 3.05) is 4.90 Å². The third kappa shape index (κ3) is 1.37. The molecule has 0 aliphatic carbocycles. The van der Waals surface area contributed by atoms with E-state index in [1.165, 1.54) is 4.90 Å². The maximum atomic E-state index is 12.5. The van der Waals surface area contributed by atoms with Crippen LogP contribution in [-0.4, -0.2) is 24.0 Å². The van der Waals surface area contributed by atoms with Gasteiger partial charge < -0.3 is 4.74 Å². The van der Waals surface area contributed by atoms with E-state index in [0.717, 1.165) is 4.47 Å². The number of hydrogen-bond acceptors (Lipinski definition) is 3. The summed E-state index contributed by atoms with van der Waals surface area (Å²) < 4.78 is 6.35. The average Bonchev–Trinajstić information content (AvgIpc) is 3.06. The Morgan fingerprint density at radius 3 is 2.16 bits per heavy atom. The standard InChI is InChI=1S/C14H10BrNO3/c15-7-3-1-2-4-8(7)16-13(17)11-9-5-6-10(19-9)12(11)14(16)18/h1-6,9-12H/t9-,10-,11+,12+/m1/s1. The van der Waals surface area contributed by atoms with Gasteiger partial charge in [0.25, 0.3) is 0 Å². The first-order valence-corrected chi connectivity index (χ1v) is 6.94. The molecule has 2 fully saturated rings. The van der Waals surface area contributed by atoms with Crippen molar-refractivity contribution >= 4 is 33.4 Å². The van der Waals surface area contributed by atoms with Crippen molar-refractivity contribution in [1.29, 1.82) is 0 Å². The van der Waals surface area contributed by atoms with E-state index in [1.807, 2.05) is 30.4 Å². The van der Waals surface area contributed by atoms with E-state index in [4.69, 9.17) is 4.74 Å². The first kappa shape index (κ1) is 11.4. The van der Waals surface area contributed by atoms with Crippen LogP contribution < -0.4 is 4.90 Å². The fourth-order valence-electron chi connectivity index (χ4n) is 3.17. The van der Waals surface area contributed by atoms with Crippen LogP contribution in [0.1, 0.15) is 0 Å². The third-order valence-corrected chi connectivity index (χ3v) is 4.67. The molecule has 4 nitrogen and oxygen atoms in total. The molecule has 0 spiro atoms. The van der Waals surface area contributed by atoms with Crippen LogP contribution in [0.4, 0.5) is 5.69 Å². The van der Waals surface area contributed by atoms with Crippen molar-refractivity contribution in [2.45, 2.75) is 12.2 Å². The van der Waals surface area contributed by atoms with E-state index in [9.17, 15) is 9.59 Å². The second kappa shape index (κ2) is 3.77. The number of carbonyl (C=O) groups is 2. The molecule has 2 saturated heterocycles. The van der Waals surface area contributed by atoms with Crippen LogP contribution in [-0.2, 0) is 14.3 Å². The van der Waals surface area contributed by atoms with Crippen molar-refractivity contribution in [3.05, 3.63) is 40.9 Å². The average molecular weight is 320 g/mol. The SMILES string of the molecule is O=C1[C@@H]2[C@@H](C(=O)N1c1ccccc1Br)[C@H]1C=C[C@H]2O1. The van der Waals surface area contributed by atoms with E-state index in [0.29, 0.717) is 5.69 Å². The van der Waals surface area contributed by atoms with Crippen molar-refractivity contribution in [3.63, 3.8) is 0 Å². The van der Waals surface area contributed by atoms with Gasteiger partial charge in [-0.2, -0.15) is 0 Å². The highest BCUT2D eigenvalue weighted by atomic mass is 79.9. The van der Waals surface area contributed by atoms with Crippen molar-refractivity contribution < 1.29 is 14.3 Å². The zero-order valence-corrected chi connectivity index (χ0v) is 11.4. The van der Waals surface area contributed by atoms with Crippen molar-refractivity contribution in [1.82, 2.24) is 0 Å². The topological polar surface area (TPSA) is 46.6 Å². The van der Waals surface area contributed by atoms with Gasteiger partial charge in [0.05, 0.1) is 29.7 Å². The summed E-state index contributed by atoms with van der Waals surface area (Å²) in [7, 11) is 0. The predicted molar refractivity (Wildman–Crippen MR) is 71.4 cm³/mol. The maximum Gasteiger partial charge on any atom is 0.240 e. The summed E-state index contributed by atoms with van der Waals surface area (Å²) in [5, 5.41) is 0. The lowest BCUT2D eigenvalue weighted by atomic mass is 9.85. The minimum absolute atomic E-state index is 0.154. The minimum atomic E-state index is -0.352. The molecule has 5 heteroatoms. The minimum Gasteiger partial charge on any atom is -0.365 e. The number of amides is 2. The number of hydrogen-bond donors (Lipinski definition) is 0. The van der Waals surface area contributed by atoms with Gasteiger partial charge in [-0.1, -0.05) is 24.3 Å².